The summed E-state index contributed by atoms with van der Waals surface area (Å²) in [6, 6.07) is 39.6. The molecule has 2 heterocycles. The molecule has 0 spiro atoms. The third-order valence-corrected chi connectivity index (χ3v) is 7.42. The number of rotatable bonds is 9. The number of methoxy groups -OCH3 is 4. The average molecular weight is 758 g/mol. The molecule has 0 aliphatic carbocycles. The third-order valence-electron chi connectivity index (χ3n) is 7.42. The highest BCUT2D eigenvalue weighted by Crippen LogP contribution is 2.38. The fraction of sp³-hybridized carbons (Fsp3) is 0.105. The molecule has 0 atom stereocenters. The van der Waals surface area contributed by atoms with Crippen LogP contribution in [0.15, 0.2) is 130 Å². The molecule has 6 nitrogen and oxygen atoms in total. The normalized spacial score (nSPS) is 11.0. The summed E-state index contributed by atoms with van der Waals surface area (Å²) in [5.41, 5.74) is 5.63. The molecule has 6 rings (SSSR count). The summed E-state index contributed by atoms with van der Waals surface area (Å²) >= 11 is 0. The van der Waals surface area contributed by atoms with Crippen LogP contribution in [0.2, 0.25) is 0 Å². The second kappa shape index (κ2) is 18.1. The molecular weight excluding hydrogens is 726 g/mol. The second-order valence-electron chi connectivity index (χ2n) is 11.1. The lowest BCUT2D eigenvalue weighted by Crippen LogP contribution is -2.02. The molecule has 0 amide bonds. The first-order chi connectivity index (χ1) is 25.6. The van der Waals surface area contributed by atoms with Gasteiger partial charge in [0.2, 0.25) is 0 Å². The maximum Gasteiger partial charge on any atom is 0.673 e. The molecule has 0 radical (unpaired) electrons. The van der Waals surface area contributed by atoms with Crippen LogP contribution in [0.5, 0.6) is 23.0 Å². The maximum atomic E-state index is 9.75. The van der Waals surface area contributed by atoms with Crippen molar-refractivity contribution in [3.05, 3.63) is 121 Å². The SMILES string of the molecule is COc1ccc(-c2cc(-c3cc(-c4ccc(OC)cc4)[o+]c(-c4ccc(OC)cc4)c3)cc(-c3ccc(OC)cc3)[o+]2)cc1.F[B-](F)(F)F.F[B-](F)(F)F. The molecule has 0 bridgehead atoms. The molecule has 0 saturated carbocycles. The minimum atomic E-state index is -6.00. The Morgan fingerprint density at radius 3 is 0.630 bits per heavy atom. The summed E-state index contributed by atoms with van der Waals surface area (Å²) in [6.07, 6.45) is 0. The van der Waals surface area contributed by atoms with Gasteiger partial charge in [-0.25, -0.2) is 8.83 Å². The first-order valence-electron chi connectivity index (χ1n) is 15.9. The van der Waals surface area contributed by atoms with E-state index in [9.17, 15) is 34.5 Å². The van der Waals surface area contributed by atoms with Crippen LogP contribution in [-0.2, 0) is 0 Å². The molecule has 54 heavy (non-hydrogen) atoms. The van der Waals surface area contributed by atoms with Gasteiger partial charge in [-0.3, -0.25) is 0 Å². The minimum absolute atomic E-state index is 0.716. The smallest absolute Gasteiger partial charge is 0.497 e. The van der Waals surface area contributed by atoms with Crippen molar-refractivity contribution in [3.63, 3.8) is 0 Å². The lowest BCUT2D eigenvalue weighted by atomic mass is 9.99. The van der Waals surface area contributed by atoms with Crippen molar-refractivity contribution in [1.29, 1.82) is 0 Å². The van der Waals surface area contributed by atoms with Crippen LogP contribution in [0.4, 0.5) is 34.5 Å². The van der Waals surface area contributed by atoms with Gasteiger partial charge in [0.1, 0.15) is 23.0 Å². The molecular formula is C38H32B2F8O6. The van der Waals surface area contributed by atoms with Gasteiger partial charge < -0.3 is 53.5 Å². The minimum Gasteiger partial charge on any atom is -0.497 e. The molecule has 6 aromatic rings. The van der Waals surface area contributed by atoms with E-state index in [0.29, 0.717) is 23.0 Å². The number of ether oxygens (including phenoxy) is 4. The van der Waals surface area contributed by atoms with Crippen molar-refractivity contribution in [3.8, 4) is 79.4 Å². The quantitative estimate of drug-likeness (QED) is 0.0831. The maximum absolute atomic E-state index is 9.75. The predicted octanol–water partition coefficient (Wildman–Crippen LogP) is 12.4. The van der Waals surface area contributed by atoms with Gasteiger partial charge in [0.15, 0.2) is 0 Å². The van der Waals surface area contributed by atoms with Crippen LogP contribution in [0, 0.1) is 0 Å². The standard InChI is InChI=1S/C38H32O6.2BF4/c1-39-31-13-5-25(6-14-31)35-21-29(22-36(43-35)26-7-15-32(40-2)16-8-26)30-23-37(27-9-17-33(41-3)18-10-27)44-38(24-30)28-11-19-34(42-4)20-12-28;2*2-1(3,4)5/h5-24H,1-4H3;;/q+2;2*-1. The Hall–Kier alpha value is -6.05. The molecule has 0 N–H and O–H groups in total. The van der Waals surface area contributed by atoms with Crippen LogP contribution < -0.4 is 18.9 Å². The van der Waals surface area contributed by atoms with E-state index in [1.165, 1.54) is 0 Å². The third kappa shape index (κ3) is 12.6. The van der Waals surface area contributed by atoms with Gasteiger partial charge in [0.05, 0.1) is 75.0 Å². The zero-order valence-corrected chi connectivity index (χ0v) is 29.2. The Bertz CT molecular complexity index is 1800. The van der Waals surface area contributed by atoms with Crippen molar-refractivity contribution >= 4 is 14.5 Å². The molecule has 2 aromatic heterocycles. The highest BCUT2D eigenvalue weighted by Gasteiger charge is 2.26. The van der Waals surface area contributed by atoms with Crippen molar-refractivity contribution in [2.24, 2.45) is 0 Å². The molecule has 0 unspecified atom stereocenters. The largest absolute Gasteiger partial charge is 0.673 e. The number of hydrogen-bond acceptors (Lipinski definition) is 4. The Morgan fingerprint density at radius 2 is 0.481 bits per heavy atom. The van der Waals surface area contributed by atoms with E-state index >= 15 is 0 Å². The molecule has 0 aliphatic heterocycles. The van der Waals surface area contributed by atoms with Gasteiger partial charge in [-0.1, -0.05) is 0 Å². The van der Waals surface area contributed by atoms with Crippen LogP contribution in [-0.4, -0.2) is 42.9 Å². The molecule has 0 aliphatic rings. The van der Waals surface area contributed by atoms with Crippen LogP contribution in [0.1, 0.15) is 0 Å². The topological polar surface area (TPSA) is 59.5 Å². The highest BCUT2D eigenvalue weighted by molar-refractivity contribution is 6.50. The van der Waals surface area contributed by atoms with Gasteiger partial charge in [-0.2, -0.15) is 0 Å². The lowest BCUT2D eigenvalue weighted by Gasteiger charge is -2.05. The molecule has 16 heteroatoms. The summed E-state index contributed by atoms with van der Waals surface area (Å²) in [5.74, 6) is 5.97. The van der Waals surface area contributed by atoms with E-state index in [4.69, 9.17) is 27.8 Å². The Balaban J connectivity index is 0.000000577. The van der Waals surface area contributed by atoms with Gasteiger partial charge in [0, 0.05) is 11.1 Å². The summed E-state index contributed by atoms with van der Waals surface area (Å²) in [6.45, 7) is 0. The van der Waals surface area contributed by atoms with E-state index in [0.717, 1.165) is 56.4 Å². The zero-order valence-electron chi connectivity index (χ0n) is 29.2. The van der Waals surface area contributed by atoms with Crippen molar-refractivity contribution in [1.82, 2.24) is 0 Å². The van der Waals surface area contributed by atoms with Gasteiger partial charge in [-0.15, -0.1) is 0 Å². The van der Waals surface area contributed by atoms with Crippen molar-refractivity contribution in [2.45, 2.75) is 0 Å². The van der Waals surface area contributed by atoms with Crippen molar-refractivity contribution < 1.29 is 62.3 Å². The first kappa shape index (κ1) is 40.7. The van der Waals surface area contributed by atoms with E-state index in [1.807, 2.05) is 97.1 Å². The van der Waals surface area contributed by atoms with Crippen LogP contribution in [0.3, 0.4) is 0 Å². The zero-order chi connectivity index (χ0) is 39.5. The Morgan fingerprint density at radius 1 is 0.315 bits per heavy atom. The van der Waals surface area contributed by atoms with Crippen LogP contribution >= 0.6 is 0 Å². The van der Waals surface area contributed by atoms with E-state index in [2.05, 4.69) is 24.3 Å². The molecule has 0 fully saturated rings. The summed E-state index contributed by atoms with van der Waals surface area (Å²) in [4.78, 5) is 0. The van der Waals surface area contributed by atoms with E-state index in [1.54, 1.807) is 28.4 Å². The van der Waals surface area contributed by atoms with Crippen molar-refractivity contribution in [2.75, 3.05) is 28.4 Å². The lowest BCUT2D eigenvalue weighted by molar-refractivity contribution is 0.366. The van der Waals surface area contributed by atoms with E-state index < -0.39 is 14.5 Å². The predicted molar refractivity (Wildman–Crippen MR) is 194 cm³/mol. The number of halogens is 8. The van der Waals surface area contributed by atoms with Crippen LogP contribution in [0.25, 0.3) is 56.4 Å². The molecule has 4 aromatic carbocycles. The van der Waals surface area contributed by atoms with Gasteiger partial charge >= 0.3 is 37.5 Å². The molecule has 0 saturated heterocycles. The highest BCUT2D eigenvalue weighted by atomic mass is 19.5. The monoisotopic (exact) mass is 758 g/mol. The fourth-order valence-corrected chi connectivity index (χ4v) is 4.93. The Labute approximate surface area is 305 Å². The number of benzene rings is 4. The van der Waals surface area contributed by atoms with E-state index in [-0.39, 0.29) is 0 Å². The fourth-order valence-electron chi connectivity index (χ4n) is 4.93. The Kier molecular flexibility index (Phi) is 13.7. The summed E-state index contributed by atoms with van der Waals surface area (Å²) in [5, 5.41) is 0. The first-order valence-corrected chi connectivity index (χ1v) is 15.9. The van der Waals surface area contributed by atoms with Gasteiger partial charge in [-0.05, 0) is 97.1 Å². The summed E-state index contributed by atoms with van der Waals surface area (Å²) in [7, 11) is -5.38. The van der Waals surface area contributed by atoms with Gasteiger partial charge in [0.25, 0.3) is 0 Å². The average Bonchev–Trinajstić information content (AvgIpc) is 3.16. The summed E-state index contributed by atoms with van der Waals surface area (Å²) < 4.78 is 113. The molecule has 282 valence electrons. The number of hydrogen-bond donors (Lipinski definition) is 0. The second-order valence-corrected chi connectivity index (χ2v) is 11.1.